The van der Waals surface area contributed by atoms with Gasteiger partial charge in [0.2, 0.25) is 0 Å². The van der Waals surface area contributed by atoms with Gasteiger partial charge in [0.05, 0.1) is 10.5 Å². The lowest BCUT2D eigenvalue weighted by Crippen LogP contribution is -1.79. The maximum Gasteiger partial charge on any atom is 0.139 e. The molecule has 2 heterocycles. The topological polar surface area (TPSA) is 26.0 Å². The molecule has 18 heavy (non-hydrogen) atoms. The molecule has 0 saturated carbocycles. The highest BCUT2D eigenvalue weighted by Gasteiger charge is 2.13. The highest BCUT2D eigenvalue weighted by Crippen LogP contribution is 2.37. The normalized spacial score (nSPS) is 11.6. The summed E-state index contributed by atoms with van der Waals surface area (Å²) in [6, 6.07) is 13.7. The Morgan fingerprint density at radius 2 is 1.78 bits per heavy atom. The van der Waals surface area contributed by atoms with Crippen molar-refractivity contribution < 1.29 is 4.42 Å². The first-order valence-corrected chi connectivity index (χ1v) is 6.07. The number of pyridine rings is 1. The van der Waals surface area contributed by atoms with Crippen molar-refractivity contribution in [1.29, 1.82) is 0 Å². The van der Waals surface area contributed by atoms with Crippen LogP contribution in [0.15, 0.2) is 53.1 Å². The summed E-state index contributed by atoms with van der Waals surface area (Å²) in [5.41, 5.74) is 2.49. The van der Waals surface area contributed by atoms with Crippen LogP contribution >= 0.6 is 11.6 Å². The van der Waals surface area contributed by atoms with Crippen LogP contribution < -0.4 is 0 Å². The van der Waals surface area contributed by atoms with Crippen molar-refractivity contribution in [2.45, 2.75) is 0 Å². The average Bonchev–Trinajstić information content (AvgIpc) is 2.77. The summed E-state index contributed by atoms with van der Waals surface area (Å²) in [5, 5.41) is 3.68. The van der Waals surface area contributed by atoms with E-state index in [1.165, 1.54) is 0 Å². The van der Waals surface area contributed by atoms with Crippen molar-refractivity contribution in [2.75, 3.05) is 0 Å². The Hall–Kier alpha value is -2.06. The number of nitrogens with zero attached hydrogens (tertiary/aromatic N) is 1. The molecule has 0 fully saturated rings. The minimum atomic E-state index is 0.709. The van der Waals surface area contributed by atoms with Crippen LogP contribution in [0.3, 0.4) is 0 Å². The fraction of sp³-hybridized carbons (Fsp3) is 0. The molecule has 0 bridgehead atoms. The van der Waals surface area contributed by atoms with Gasteiger partial charge in [-0.25, -0.2) is 0 Å². The molecule has 0 N–H and O–H groups in total. The molecule has 0 radical (unpaired) electrons. The number of hydrogen-bond acceptors (Lipinski definition) is 2. The first kappa shape index (κ1) is 9.92. The Kier molecular flexibility index (Phi) is 1.91. The molecule has 0 saturated heterocycles. The van der Waals surface area contributed by atoms with E-state index >= 15 is 0 Å². The first-order valence-electron chi connectivity index (χ1n) is 5.69. The summed E-state index contributed by atoms with van der Waals surface area (Å²) >= 11 is 6.49. The number of rotatable bonds is 0. The third-order valence-corrected chi connectivity index (χ3v) is 3.58. The van der Waals surface area contributed by atoms with Gasteiger partial charge in [0.15, 0.2) is 0 Å². The van der Waals surface area contributed by atoms with Crippen LogP contribution in [-0.4, -0.2) is 4.98 Å². The van der Waals surface area contributed by atoms with Crippen molar-refractivity contribution in [3.8, 4) is 0 Å². The zero-order valence-corrected chi connectivity index (χ0v) is 10.1. The van der Waals surface area contributed by atoms with Crippen LogP contribution in [0.25, 0.3) is 32.8 Å². The molecule has 2 aromatic carbocycles. The smallest absolute Gasteiger partial charge is 0.139 e. The molecule has 0 aliphatic carbocycles. The fourth-order valence-electron chi connectivity index (χ4n) is 2.37. The number of halogens is 1. The molecule has 4 aromatic rings. The van der Waals surface area contributed by atoms with Crippen LogP contribution in [0.1, 0.15) is 0 Å². The maximum atomic E-state index is 6.49. The lowest BCUT2D eigenvalue weighted by atomic mass is 10.1. The molecule has 2 nitrogen and oxygen atoms in total. The molecular formula is C15H8ClNO. The van der Waals surface area contributed by atoms with Gasteiger partial charge >= 0.3 is 0 Å². The summed E-state index contributed by atoms with van der Waals surface area (Å²) in [4.78, 5) is 4.32. The highest BCUT2D eigenvalue weighted by atomic mass is 35.5. The Morgan fingerprint density at radius 1 is 0.944 bits per heavy atom. The number of aromatic nitrogens is 1. The second-order valence-electron chi connectivity index (χ2n) is 4.23. The highest BCUT2D eigenvalue weighted by molar-refractivity contribution is 6.42. The fourth-order valence-corrected chi connectivity index (χ4v) is 2.72. The monoisotopic (exact) mass is 253 g/mol. The maximum absolute atomic E-state index is 6.49. The Morgan fingerprint density at radius 3 is 2.72 bits per heavy atom. The third kappa shape index (κ3) is 1.21. The predicted molar refractivity (Wildman–Crippen MR) is 74.0 cm³/mol. The number of para-hydroxylation sites is 1. The van der Waals surface area contributed by atoms with E-state index in [1.54, 1.807) is 6.20 Å². The number of benzene rings is 2. The Balaban J connectivity index is 2.34. The van der Waals surface area contributed by atoms with E-state index in [1.807, 2.05) is 42.5 Å². The molecule has 86 valence electrons. The Bertz CT molecular complexity index is 895. The zero-order chi connectivity index (χ0) is 12.1. The summed E-state index contributed by atoms with van der Waals surface area (Å²) < 4.78 is 5.82. The van der Waals surface area contributed by atoms with Crippen LogP contribution in [0, 0.1) is 0 Å². The van der Waals surface area contributed by atoms with Crippen LogP contribution in [-0.2, 0) is 0 Å². The van der Waals surface area contributed by atoms with Crippen molar-refractivity contribution >= 4 is 44.4 Å². The molecule has 4 rings (SSSR count). The summed E-state index contributed by atoms with van der Waals surface area (Å²) in [6.07, 6.45) is 1.76. The van der Waals surface area contributed by atoms with Crippen molar-refractivity contribution in [3.63, 3.8) is 0 Å². The molecule has 0 unspecified atom stereocenters. The van der Waals surface area contributed by atoms with Gasteiger partial charge in [-0.05, 0) is 18.2 Å². The number of fused-ring (bicyclic) bond motifs is 4. The Labute approximate surface area is 108 Å². The molecule has 0 amide bonds. The largest absolute Gasteiger partial charge is 0.456 e. The van der Waals surface area contributed by atoms with Crippen LogP contribution in [0.2, 0.25) is 5.02 Å². The van der Waals surface area contributed by atoms with E-state index < -0.39 is 0 Å². The summed E-state index contributed by atoms with van der Waals surface area (Å²) in [6.45, 7) is 0. The minimum absolute atomic E-state index is 0.709. The van der Waals surface area contributed by atoms with Gasteiger partial charge in [0, 0.05) is 28.4 Å². The molecule has 0 aliphatic heterocycles. The van der Waals surface area contributed by atoms with Gasteiger partial charge < -0.3 is 4.42 Å². The van der Waals surface area contributed by atoms with E-state index in [2.05, 4.69) is 4.98 Å². The van der Waals surface area contributed by atoms with Gasteiger partial charge in [-0.3, -0.25) is 4.98 Å². The second-order valence-corrected chi connectivity index (χ2v) is 4.61. The van der Waals surface area contributed by atoms with E-state index in [9.17, 15) is 0 Å². The molecule has 3 heteroatoms. The van der Waals surface area contributed by atoms with Crippen molar-refractivity contribution in [3.05, 3.63) is 53.7 Å². The standard InChI is InChI=1S/C15H8ClNO/c16-15-9-5-3-7-17-11(9)8-13-14(15)10-4-1-2-6-12(10)18-13/h1-8H. The van der Waals surface area contributed by atoms with Gasteiger partial charge in [-0.2, -0.15) is 0 Å². The van der Waals surface area contributed by atoms with Gasteiger partial charge in [-0.1, -0.05) is 29.8 Å². The molecule has 0 spiro atoms. The van der Waals surface area contributed by atoms with E-state index in [0.717, 1.165) is 32.8 Å². The third-order valence-electron chi connectivity index (χ3n) is 3.19. The number of hydrogen-bond donors (Lipinski definition) is 0. The van der Waals surface area contributed by atoms with Gasteiger partial charge in [-0.15, -0.1) is 0 Å². The van der Waals surface area contributed by atoms with Gasteiger partial charge in [0.25, 0.3) is 0 Å². The predicted octanol–water partition coefficient (Wildman–Crippen LogP) is 4.79. The minimum Gasteiger partial charge on any atom is -0.456 e. The molecule has 2 aromatic heterocycles. The average molecular weight is 254 g/mol. The van der Waals surface area contributed by atoms with Crippen molar-refractivity contribution in [1.82, 2.24) is 4.98 Å². The lowest BCUT2D eigenvalue weighted by molar-refractivity contribution is 0.669. The summed E-state index contributed by atoms with van der Waals surface area (Å²) in [5.74, 6) is 0. The van der Waals surface area contributed by atoms with Crippen LogP contribution in [0.5, 0.6) is 0 Å². The van der Waals surface area contributed by atoms with E-state index in [0.29, 0.717) is 5.02 Å². The first-order chi connectivity index (χ1) is 8.84. The van der Waals surface area contributed by atoms with E-state index in [-0.39, 0.29) is 0 Å². The zero-order valence-electron chi connectivity index (χ0n) is 9.35. The molecule has 0 atom stereocenters. The van der Waals surface area contributed by atoms with E-state index in [4.69, 9.17) is 16.0 Å². The lowest BCUT2D eigenvalue weighted by Gasteiger charge is -2.00. The second kappa shape index (κ2) is 3.47. The molecule has 0 aliphatic rings. The number of furan rings is 1. The SMILES string of the molecule is Clc1c2cccnc2cc2oc3ccccc3c12. The van der Waals surface area contributed by atoms with Gasteiger partial charge in [0.1, 0.15) is 11.2 Å². The van der Waals surface area contributed by atoms with Crippen molar-refractivity contribution in [2.24, 2.45) is 0 Å². The quantitative estimate of drug-likeness (QED) is 0.450. The summed E-state index contributed by atoms with van der Waals surface area (Å²) in [7, 11) is 0. The van der Waals surface area contributed by atoms with Crippen LogP contribution in [0.4, 0.5) is 0 Å². The molecular weight excluding hydrogens is 246 g/mol.